The fourth-order valence-corrected chi connectivity index (χ4v) is 2.34. The van der Waals surface area contributed by atoms with Crippen molar-refractivity contribution >= 4 is 0 Å². The summed E-state index contributed by atoms with van der Waals surface area (Å²) >= 11 is 0. The molecule has 1 unspecified atom stereocenters. The Hall–Kier alpha value is -1.10. The van der Waals surface area contributed by atoms with E-state index in [0.29, 0.717) is 6.61 Å². The van der Waals surface area contributed by atoms with Crippen molar-refractivity contribution in [2.75, 3.05) is 32.8 Å². The Morgan fingerprint density at radius 1 is 1.47 bits per heavy atom. The van der Waals surface area contributed by atoms with Gasteiger partial charge < -0.3 is 15.2 Å². The lowest BCUT2D eigenvalue weighted by atomic mass is 10.1. The molecule has 1 aromatic carbocycles. The first-order chi connectivity index (χ1) is 9.20. The standard InChI is InChI=1S/C15H24N2O2/c1-3-17-8-9-18-13(10-17)11-19-15-7-5-4-6-14(15)12(2)16/h4-7,12-13H,3,8-11,16H2,1-2H3/t12-,13?/m0/s1. The fraction of sp³-hybridized carbons (Fsp3) is 0.600. The molecule has 106 valence electrons. The van der Waals surface area contributed by atoms with Crippen LogP contribution in [0.25, 0.3) is 0 Å². The molecule has 4 nitrogen and oxygen atoms in total. The number of likely N-dealkylation sites (N-methyl/N-ethyl adjacent to an activating group) is 1. The number of rotatable bonds is 5. The van der Waals surface area contributed by atoms with Gasteiger partial charge in [0, 0.05) is 24.7 Å². The zero-order valence-electron chi connectivity index (χ0n) is 11.8. The molecule has 0 bridgehead atoms. The smallest absolute Gasteiger partial charge is 0.124 e. The summed E-state index contributed by atoms with van der Waals surface area (Å²) in [4.78, 5) is 2.38. The minimum absolute atomic E-state index is 0.0179. The summed E-state index contributed by atoms with van der Waals surface area (Å²) in [5.74, 6) is 0.870. The third-order valence-corrected chi connectivity index (χ3v) is 3.50. The second-order valence-corrected chi connectivity index (χ2v) is 5.02. The highest BCUT2D eigenvalue weighted by atomic mass is 16.5. The van der Waals surface area contributed by atoms with Gasteiger partial charge in [-0.05, 0) is 19.5 Å². The Morgan fingerprint density at radius 3 is 3.00 bits per heavy atom. The van der Waals surface area contributed by atoms with E-state index < -0.39 is 0 Å². The van der Waals surface area contributed by atoms with E-state index >= 15 is 0 Å². The van der Waals surface area contributed by atoms with Crippen molar-refractivity contribution in [3.05, 3.63) is 29.8 Å². The Labute approximate surface area is 115 Å². The third-order valence-electron chi connectivity index (χ3n) is 3.50. The largest absolute Gasteiger partial charge is 0.490 e. The average molecular weight is 264 g/mol. The summed E-state index contributed by atoms with van der Waals surface area (Å²) in [7, 11) is 0. The van der Waals surface area contributed by atoms with Crippen LogP contribution in [0.3, 0.4) is 0 Å². The Morgan fingerprint density at radius 2 is 2.26 bits per heavy atom. The van der Waals surface area contributed by atoms with Gasteiger partial charge >= 0.3 is 0 Å². The molecule has 0 spiro atoms. The number of nitrogens with two attached hydrogens (primary N) is 1. The predicted octanol–water partition coefficient (Wildman–Crippen LogP) is 1.81. The molecule has 1 aliphatic heterocycles. The van der Waals surface area contributed by atoms with E-state index in [1.54, 1.807) is 0 Å². The lowest BCUT2D eigenvalue weighted by molar-refractivity contribution is -0.0465. The lowest BCUT2D eigenvalue weighted by Crippen LogP contribution is -2.44. The highest BCUT2D eigenvalue weighted by Crippen LogP contribution is 2.23. The topological polar surface area (TPSA) is 47.7 Å². The molecule has 2 rings (SSSR count). The van der Waals surface area contributed by atoms with Gasteiger partial charge in [0.15, 0.2) is 0 Å². The molecule has 1 fully saturated rings. The van der Waals surface area contributed by atoms with Crippen LogP contribution in [0, 0.1) is 0 Å². The van der Waals surface area contributed by atoms with Gasteiger partial charge in [0.1, 0.15) is 18.5 Å². The van der Waals surface area contributed by atoms with Crippen LogP contribution in [-0.2, 0) is 4.74 Å². The van der Waals surface area contributed by atoms with Crippen LogP contribution >= 0.6 is 0 Å². The van der Waals surface area contributed by atoms with Crippen LogP contribution in [0.5, 0.6) is 5.75 Å². The summed E-state index contributed by atoms with van der Waals surface area (Å²) in [6.07, 6.45) is 0.148. The molecule has 0 amide bonds. The number of hydrogen-bond donors (Lipinski definition) is 1. The van der Waals surface area contributed by atoms with Gasteiger partial charge in [-0.15, -0.1) is 0 Å². The van der Waals surface area contributed by atoms with Crippen molar-refractivity contribution in [3.8, 4) is 5.75 Å². The number of benzene rings is 1. The van der Waals surface area contributed by atoms with Crippen LogP contribution < -0.4 is 10.5 Å². The highest BCUT2D eigenvalue weighted by Gasteiger charge is 2.20. The maximum absolute atomic E-state index is 5.95. The molecular weight excluding hydrogens is 240 g/mol. The van der Waals surface area contributed by atoms with Gasteiger partial charge in [-0.3, -0.25) is 4.90 Å². The molecular formula is C15H24N2O2. The quantitative estimate of drug-likeness (QED) is 0.881. The monoisotopic (exact) mass is 264 g/mol. The first-order valence-corrected chi connectivity index (χ1v) is 7.02. The molecule has 0 radical (unpaired) electrons. The maximum Gasteiger partial charge on any atom is 0.124 e. The average Bonchev–Trinajstić information content (AvgIpc) is 2.45. The summed E-state index contributed by atoms with van der Waals surface area (Å²) in [5.41, 5.74) is 6.99. The first-order valence-electron chi connectivity index (χ1n) is 7.02. The number of hydrogen-bond acceptors (Lipinski definition) is 4. The SMILES string of the molecule is CCN1CCOC(COc2ccccc2[C@H](C)N)C1. The molecule has 0 saturated carbocycles. The number of para-hydroxylation sites is 1. The molecule has 1 saturated heterocycles. The number of nitrogens with zero attached hydrogens (tertiary/aromatic N) is 1. The molecule has 0 aromatic heterocycles. The van der Waals surface area contributed by atoms with Crippen molar-refractivity contribution in [3.63, 3.8) is 0 Å². The van der Waals surface area contributed by atoms with E-state index in [4.69, 9.17) is 15.2 Å². The Kier molecular flexibility index (Phi) is 5.19. The van der Waals surface area contributed by atoms with Crippen LogP contribution in [-0.4, -0.2) is 43.9 Å². The van der Waals surface area contributed by atoms with Crippen molar-refractivity contribution in [1.82, 2.24) is 4.90 Å². The molecule has 4 heteroatoms. The lowest BCUT2D eigenvalue weighted by Gasteiger charge is -2.32. The second kappa shape index (κ2) is 6.89. The van der Waals surface area contributed by atoms with Crippen LogP contribution in [0.2, 0.25) is 0 Å². The van der Waals surface area contributed by atoms with Crippen molar-refractivity contribution in [2.24, 2.45) is 5.73 Å². The number of ether oxygens (including phenoxy) is 2. The summed E-state index contributed by atoms with van der Waals surface area (Å²) in [5, 5.41) is 0. The van der Waals surface area contributed by atoms with Crippen molar-refractivity contribution < 1.29 is 9.47 Å². The van der Waals surface area contributed by atoms with Gasteiger partial charge in [0.25, 0.3) is 0 Å². The van der Waals surface area contributed by atoms with Crippen LogP contribution in [0.15, 0.2) is 24.3 Å². The predicted molar refractivity (Wildman–Crippen MR) is 76.4 cm³/mol. The Balaban J connectivity index is 1.91. The van der Waals surface area contributed by atoms with Gasteiger partial charge in [0.05, 0.1) is 6.61 Å². The normalized spacial score (nSPS) is 22.2. The van der Waals surface area contributed by atoms with Crippen molar-refractivity contribution in [1.29, 1.82) is 0 Å². The van der Waals surface area contributed by atoms with Gasteiger partial charge in [-0.25, -0.2) is 0 Å². The highest BCUT2D eigenvalue weighted by molar-refractivity contribution is 5.35. The maximum atomic E-state index is 5.95. The molecule has 0 aliphatic carbocycles. The van der Waals surface area contributed by atoms with Crippen LogP contribution in [0.1, 0.15) is 25.5 Å². The molecule has 1 aromatic rings. The third kappa shape index (κ3) is 3.93. The minimum Gasteiger partial charge on any atom is -0.490 e. The van der Waals surface area contributed by atoms with E-state index in [1.165, 1.54) is 0 Å². The summed E-state index contributed by atoms with van der Waals surface area (Å²) in [6.45, 7) is 8.54. The second-order valence-electron chi connectivity index (χ2n) is 5.02. The van der Waals surface area contributed by atoms with E-state index in [0.717, 1.165) is 37.6 Å². The van der Waals surface area contributed by atoms with E-state index in [9.17, 15) is 0 Å². The summed E-state index contributed by atoms with van der Waals surface area (Å²) < 4.78 is 11.6. The minimum atomic E-state index is -0.0179. The van der Waals surface area contributed by atoms with E-state index in [-0.39, 0.29) is 12.1 Å². The van der Waals surface area contributed by atoms with Gasteiger partial charge in [0.2, 0.25) is 0 Å². The molecule has 2 atom stereocenters. The molecule has 19 heavy (non-hydrogen) atoms. The van der Waals surface area contributed by atoms with E-state index in [1.807, 2.05) is 31.2 Å². The van der Waals surface area contributed by atoms with Gasteiger partial charge in [-0.1, -0.05) is 25.1 Å². The molecule has 1 heterocycles. The van der Waals surface area contributed by atoms with Crippen LogP contribution in [0.4, 0.5) is 0 Å². The fourth-order valence-electron chi connectivity index (χ4n) is 2.34. The molecule has 2 N–H and O–H groups in total. The summed E-state index contributed by atoms with van der Waals surface area (Å²) in [6, 6.07) is 7.93. The van der Waals surface area contributed by atoms with E-state index in [2.05, 4.69) is 11.8 Å². The zero-order chi connectivity index (χ0) is 13.7. The van der Waals surface area contributed by atoms with Gasteiger partial charge in [-0.2, -0.15) is 0 Å². The molecule has 1 aliphatic rings. The first kappa shape index (κ1) is 14.3. The zero-order valence-corrected chi connectivity index (χ0v) is 11.8. The Bertz CT molecular complexity index is 395. The van der Waals surface area contributed by atoms with Crippen molar-refractivity contribution in [2.45, 2.75) is 26.0 Å². The number of morpholine rings is 1.